The summed E-state index contributed by atoms with van der Waals surface area (Å²) in [7, 11) is 3.16. The van der Waals surface area contributed by atoms with Gasteiger partial charge in [-0.2, -0.15) is 0 Å². The highest BCUT2D eigenvalue weighted by molar-refractivity contribution is 5.79. The molecule has 0 saturated heterocycles. The fourth-order valence-corrected chi connectivity index (χ4v) is 3.98. The number of hydrogen-bond acceptors (Lipinski definition) is 4. The van der Waals surface area contributed by atoms with Crippen LogP contribution in [0.15, 0.2) is 66.7 Å². The summed E-state index contributed by atoms with van der Waals surface area (Å²) in [5.74, 6) is 1.89. The molecule has 0 aliphatic rings. The number of para-hydroxylation sites is 2. The molecule has 1 N–H and O–H groups in total. The summed E-state index contributed by atoms with van der Waals surface area (Å²) < 4.78 is 26.0. The van der Waals surface area contributed by atoms with Crippen molar-refractivity contribution in [1.29, 1.82) is 0 Å². The predicted octanol–water partition coefficient (Wildman–Crippen LogP) is 4.53. The third-order valence-electron chi connectivity index (χ3n) is 5.70. The van der Waals surface area contributed by atoms with Crippen LogP contribution in [-0.4, -0.2) is 36.2 Å². The fraction of sp³-hybridized carbons (Fsp3) is 0.259. The van der Waals surface area contributed by atoms with Crippen LogP contribution in [0.25, 0.3) is 11.0 Å². The van der Waals surface area contributed by atoms with Gasteiger partial charge in [-0.25, -0.2) is 9.37 Å². The number of nitrogens with zero attached hydrogens (tertiary/aromatic N) is 2. The first kappa shape index (κ1) is 23.3. The molecule has 3 aromatic carbocycles. The van der Waals surface area contributed by atoms with E-state index >= 15 is 0 Å². The van der Waals surface area contributed by atoms with Crippen LogP contribution >= 0.6 is 0 Å². The van der Waals surface area contributed by atoms with E-state index in [-0.39, 0.29) is 18.1 Å². The number of carbonyl (C=O) groups excluding carboxylic acids is 1. The van der Waals surface area contributed by atoms with E-state index in [9.17, 15) is 9.18 Å². The molecule has 0 unspecified atom stereocenters. The Kier molecular flexibility index (Phi) is 7.42. The van der Waals surface area contributed by atoms with Gasteiger partial charge in [0.25, 0.3) is 0 Å². The minimum Gasteiger partial charge on any atom is -0.493 e. The number of methoxy groups -OCH3 is 2. The van der Waals surface area contributed by atoms with Crippen molar-refractivity contribution >= 4 is 16.9 Å². The van der Waals surface area contributed by atoms with Gasteiger partial charge in [0.2, 0.25) is 5.91 Å². The standard InChI is InChI=1S/C27H28FN3O3/c1-33-24-14-11-20(16-25(24)34-2)17-27(32)29-15-5-8-26-30-22-6-3-4-7-23(22)31(26)18-19-9-12-21(28)13-10-19/h3-4,6-7,9-14,16H,5,8,15,17-18H2,1-2H3,(H,29,32). The Labute approximate surface area is 198 Å². The van der Waals surface area contributed by atoms with Crippen molar-refractivity contribution in [2.45, 2.75) is 25.8 Å². The van der Waals surface area contributed by atoms with Crippen molar-refractivity contribution < 1.29 is 18.7 Å². The monoisotopic (exact) mass is 461 g/mol. The van der Waals surface area contributed by atoms with Gasteiger partial charge in [-0.05, 0) is 53.9 Å². The zero-order chi connectivity index (χ0) is 23.9. The molecule has 1 aromatic heterocycles. The summed E-state index contributed by atoms with van der Waals surface area (Å²) in [5, 5.41) is 2.99. The van der Waals surface area contributed by atoms with Crippen LogP contribution in [0.5, 0.6) is 11.5 Å². The zero-order valence-electron chi connectivity index (χ0n) is 19.4. The largest absolute Gasteiger partial charge is 0.493 e. The third kappa shape index (κ3) is 5.54. The van der Waals surface area contributed by atoms with E-state index in [1.807, 2.05) is 36.4 Å². The van der Waals surface area contributed by atoms with Crippen molar-refractivity contribution in [3.8, 4) is 11.5 Å². The molecule has 0 aliphatic carbocycles. The average molecular weight is 462 g/mol. The lowest BCUT2D eigenvalue weighted by Gasteiger charge is -2.11. The van der Waals surface area contributed by atoms with Gasteiger partial charge in [0.15, 0.2) is 11.5 Å². The van der Waals surface area contributed by atoms with E-state index in [2.05, 4.69) is 9.88 Å². The maximum atomic E-state index is 13.3. The number of halogens is 1. The lowest BCUT2D eigenvalue weighted by atomic mass is 10.1. The normalized spacial score (nSPS) is 10.9. The molecule has 4 rings (SSSR count). The highest BCUT2D eigenvalue weighted by Gasteiger charge is 2.12. The first-order valence-corrected chi connectivity index (χ1v) is 11.2. The molecule has 7 heteroatoms. The lowest BCUT2D eigenvalue weighted by molar-refractivity contribution is -0.120. The maximum absolute atomic E-state index is 13.3. The number of fused-ring (bicyclic) bond motifs is 1. The Hall–Kier alpha value is -3.87. The molecular weight excluding hydrogens is 433 g/mol. The molecule has 0 radical (unpaired) electrons. The second-order valence-corrected chi connectivity index (χ2v) is 8.05. The summed E-state index contributed by atoms with van der Waals surface area (Å²) in [6.07, 6.45) is 1.74. The van der Waals surface area contributed by atoms with Crippen molar-refractivity contribution in [2.24, 2.45) is 0 Å². The van der Waals surface area contributed by atoms with Crippen LogP contribution in [0.3, 0.4) is 0 Å². The van der Waals surface area contributed by atoms with E-state index in [0.29, 0.717) is 31.0 Å². The van der Waals surface area contributed by atoms with E-state index in [0.717, 1.165) is 34.4 Å². The number of carbonyl (C=O) groups is 1. The second-order valence-electron chi connectivity index (χ2n) is 8.05. The summed E-state index contributed by atoms with van der Waals surface area (Å²) in [6.45, 7) is 1.16. The first-order chi connectivity index (χ1) is 16.6. The van der Waals surface area contributed by atoms with E-state index in [1.54, 1.807) is 32.4 Å². The maximum Gasteiger partial charge on any atom is 0.224 e. The molecule has 6 nitrogen and oxygen atoms in total. The SMILES string of the molecule is COc1ccc(CC(=O)NCCCc2nc3ccccc3n2Cc2ccc(F)cc2)cc1OC. The van der Waals surface area contributed by atoms with Crippen molar-refractivity contribution in [3.63, 3.8) is 0 Å². The summed E-state index contributed by atoms with van der Waals surface area (Å²) in [4.78, 5) is 17.2. The van der Waals surface area contributed by atoms with Gasteiger partial charge < -0.3 is 19.4 Å². The van der Waals surface area contributed by atoms with E-state index in [1.165, 1.54) is 12.1 Å². The molecule has 1 heterocycles. The molecule has 176 valence electrons. The van der Waals surface area contributed by atoms with E-state index in [4.69, 9.17) is 14.5 Å². The fourth-order valence-electron chi connectivity index (χ4n) is 3.98. The number of imidazole rings is 1. The molecule has 34 heavy (non-hydrogen) atoms. The van der Waals surface area contributed by atoms with Crippen molar-refractivity contribution in [2.75, 3.05) is 20.8 Å². The van der Waals surface area contributed by atoms with Gasteiger partial charge >= 0.3 is 0 Å². The number of aryl methyl sites for hydroxylation is 1. The average Bonchev–Trinajstić information content (AvgIpc) is 3.20. The van der Waals surface area contributed by atoms with Gasteiger partial charge in [-0.15, -0.1) is 0 Å². The molecule has 4 aromatic rings. The number of hydrogen-bond donors (Lipinski definition) is 1. The highest BCUT2D eigenvalue weighted by Crippen LogP contribution is 2.27. The Bertz CT molecular complexity index is 1270. The molecule has 0 bridgehead atoms. The minimum atomic E-state index is -0.247. The molecular formula is C27H28FN3O3. The zero-order valence-corrected chi connectivity index (χ0v) is 19.4. The van der Waals surface area contributed by atoms with Crippen molar-refractivity contribution in [3.05, 3.63) is 89.5 Å². The Morgan fingerprint density at radius 1 is 0.971 bits per heavy atom. The third-order valence-corrected chi connectivity index (χ3v) is 5.70. The van der Waals surface area contributed by atoms with Crippen LogP contribution in [-0.2, 0) is 24.2 Å². The Morgan fingerprint density at radius 2 is 1.71 bits per heavy atom. The molecule has 0 spiro atoms. The number of nitrogens with one attached hydrogen (secondary N) is 1. The topological polar surface area (TPSA) is 65.4 Å². The van der Waals surface area contributed by atoms with Crippen LogP contribution in [0, 0.1) is 5.82 Å². The number of aromatic nitrogens is 2. The summed E-state index contributed by atoms with van der Waals surface area (Å²) in [5.41, 5.74) is 3.83. The van der Waals surface area contributed by atoms with Gasteiger partial charge in [0.05, 0.1) is 31.7 Å². The number of amides is 1. The first-order valence-electron chi connectivity index (χ1n) is 11.2. The van der Waals surface area contributed by atoms with Crippen molar-refractivity contribution in [1.82, 2.24) is 14.9 Å². The van der Waals surface area contributed by atoms with E-state index < -0.39 is 0 Å². The van der Waals surface area contributed by atoms with Gasteiger partial charge in [0.1, 0.15) is 11.6 Å². The number of rotatable bonds is 10. The predicted molar refractivity (Wildman–Crippen MR) is 130 cm³/mol. The highest BCUT2D eigenvalue weighted by atomic mass is 19.1. The molecule has 1 amide bonds. The second kappa shape index (κ2) is 10.8. The quantitative estimate of drug-likeness (QED) is 0.353. The van der Waals surface area contributed by atoms with Gasteiger partial charge in [-0.1, -0.05) is 30.3 Å². The van der Waals surface area contributed by atoms with Crippen LogP contribution < -0.4 is 14.8 Å². The molecule has 0 saturated carbocycles. The van der Waals surface area contributed by atoms with Gasteiger partial charge in [0, 0.05) is 19.5 Å². The molecule has 0 aliphatic heterocycles. The van der Waals surface area contributed by atoms with Crippen LogP contribution in [0.2, 0.25) is 0 Å². The van der Waals surface area contributed by atoms with Gasteiger partial charge in [-0.3, -0.25) is 4.79 Å². The Balaban J connectivity index is 1.36. The summed E-state index contributed by atoms with van der Waals surface area (Å²) >= 11 is 0. The lowest BCUT2D eigenvalue weighted by Crippen LogP contribution is -2.26. The van der Waals surface area contributed by atoms with Crippen LogP contribution in [0.4, 0.5) is 4.39 Å². The number of ether oxygens (including phenoxy) is 2. The summed E-state index contributed by atoms with van der Waals surface area (Å²) in [6, 6.07) is 20.0. The smallest absolute Gasteiger partial charge is 0.224 e. The Morgan fingerprint density at radius 3 is 2.47 bits per heavy atom. The molecule has 0 fully saturated rings. The number of benzene rings is 3. The molecule has 0 atom stereocenters. The van der Waals surface area contributed by atoms with Crippen LogP contribution in [0.1, 0.15) is 23.4 Å². The minimum absolute atomic E-state index is 0.0490.